The Bertz CT molecular complexity index is 515. The molecule has 2 atom stereocenters. The van der Waals surface area contributed by atoms with Crippen molar-refractivity contribution in [2.45, 2.75) is 31.3 Å². The molecule has 1 heterocycles. The molecule has 0 bridgehead atoms. The fraction of sp³-hybridized carbons (Fsp3) is 0.562. The van der Waals surface area contributed by atoms with E-state index in [0.29, 0.717) is 17.9 Å². The minimum absolute atomic E-state index is 0.0200. The Labute approximate surface area is 130 Å². The number of hydrogen-bond acceptors (Lipinski definition) is 5. The summed E-state index contributed by atoms with van der Waals surface area (Å²) in [4.78, 5) is 13.4. The van der Waals surface area contributed by atoms with Gasteiger partial charge < -0.3 is 20.3 Å². The van der Waals surface area contributed by atoms with Crippen molar-refractivity contribution in [3.8, 4) is 11.5 Å². The Morgan fingerprint density at radius 3 is 2.45 bits per heavy atom. The molecule has 0 aromatic heterocycles. The van der Waals surface area contributed by atoms with Crippen molar-refractivity contribution < 1.29 is 19.4 Å². The van der Waals surface area contributed by atoms with Crippen LogP contribution in [0.15, 0.2) is 18.2 Å². The number of hydrogen-bond donors (Lipinski definition) is 2. The molecule has 2 rings (SSSR count). The molecule has 0 spiro atoms. The van der Waals surface area contributed by atoms with Crippen LogP contribution in [0.3, 0.4) is 0 Å². The van der Waals surface area contributed by atoms with Gasteiger partial charge in [-0.3, -0.25) is 9.69 Å². The quantitative estimate of drug-likeness (QED) is 0.796. The number of benzene rings is 1. The van der Waals surface area contributed by atoms with Gasteiger partial charge in [-0.2, -0.15) is 0 Å². The van der Waals surface area contributed by atoms with Crippen molar-refractivity contribution in [2.24, 2.45) is 5.73 Å². The standard InChI is InChI=1S/C16H24N2O4/c1-21-14-6-5-11(9-15(14)22-2)13(10-12(17)16(19)20)18-7-3-4-8-18/h5-6,9,12-13H,3-4,7-8,10,17H2,1-2H3,(H,19,20). The molecule has 0 saturated carbocycles. The average molecular weight is 308 g/mol. The summed E-state index contributed by atoms with van der Waals surface area (Å²) in [6.45, 7) is 1.93. The van der Waals surface area contributed by atoms with E-state index in [9.17, 15) is 4.79 Å². The number of methoxy groups -OCH3 is 2. The molecule has 6 nitrogen and oxygen atoms in total. The van der Waals surface area contributed by atoms with Gasteiger partial charge in [-0.05, 0) is 50.0 Å². The third kappa shape index (κ3) is 3.69. The number of carboxylic acid groups (broad SMARTS) is 1. The summed E-state index contributed by atoms with van der Waals surface area (Å²) in [5.74, 6) is 0.340. The summed E-state index contributed by atoms with van der Waals surface area (Å²) in [6.07, 6.45) is 2.64. The molecule has 0 radical (unpaired) electrons. The maximum atomic E-state index is 11.1. The molecule has 3 N–H and O–H groups in total. The molecule has 122 valence electrons. The highest BCUT2D eigenvalue weighted by atomic mass is 16.5. The van der Waals surface area contributed by atoms with Gasteiger partial charge in [-0.1, -0.05) is 6.07 Å². The summed E-state index contributed by atoms with van der Waals surface area (Å²) in [7, 11) is 3.19. The van der Waals surface area contributed by atoms with E-state index in [1.807, 2.05) is 18.2 Å². The molecule has 1 aliphatic rings. The SMILES string of the molecule is COc1ccc(C(CC(N)C(=O)O)N2CCCC2)cc1OC. The van der Waals surface area contributed by atoms with Crippen LogP contribution >= 0.6 is 0 Å². The summed E-state index contributed by atoms with van der Waals surface area (Å²) in [5.41, 5.74) is 6.78. The van der Waals surface area contributed by atoms with Gasteiger partial charge in [0.2, 0.25) is 0 Å². The molecule has 0 amide bonds. The van der Waals surface area contributed by atoms with E-state index >= 15 is 0 Å². The Kier molecular flexibility index (Phi) is 5.63. The molecule has 22 heavy (non-hydrogen) atoms. The van der Waals surface area contributed by atoms with Crippen molar-refractivity contribution in [1.29, 1.82) is 0 Å². The van der Waals surface area contributed by atoms with E-state index in [2.05, 4.69) is 4.90 Å². The van der Waals surface area contributed by atoms with Crippen molar-refractivity contribution >= 4 is 5.97 Å². The maximum absolute atomic E-state index is 11.1. The van der Waals surface area contributed by atoms with E-state index in [1.54, 1.807) is 14.2 Å². The van der Waals surface area contributed by atoms with E-state index in [-0.39, 0.29) is 6.04 Å². The monoisotopic (exact) mass is 308 g/mol. The minimum Gasteiger partial charge on any atom is -0.493 e. The zero-order valence-electron chi connectivity index (χ0n) is 13.1. The molecule has 1 saturated heterocycles. The fourth-order valence-electron chi connectivity index (χ4n) is 2.95. The zero-order valence-corrected chi connectivity index (χ0v) is 13.1. The largest absolute Gasteiger partial charge is 0.493 e. The number of nitrogens with two attached hydrogens (primary N) is 1. The molecule has 1 fully saturated rings. The molecule has 0 aliphatic carbocycles. The van der Waals surface area contributed by atoms with Crippen LogP contribution in [-0.2, 0) is 4.79 Å². The second-order valence-electron chi connectivity index (χ2n) is 5.55. The number of ether oxygens (including phenoxy) is 2. The van der Waals surface area contributed by atoms with E-state index in [4.69, 9.17) is 20.3 Å². The highest BCUT2D eigenvalue weighted by Crippen LogP contribution is 2.35. The first kappa shape index (κ1) is 16.6. The summed E-state index contributed by atoms with van der Waals surface area (Å²) in [5, 5.41) is 9.12. The number of carbonyl (C=O) groups is 1. The van der Waals surface area contributed by atoms with Crippen LogP contribution in [0.5, 0.6) is 11.5 Å². The van der Waals surface area contributed by atoms with Gasteiger partial charge >= 0.3 is 5.97 Å². The van der Waals surface area contributed by atoms with Crippen LogP contribution in [-0.4, -0.2) is 49.3 Å². The van der Waals surface area contributed by atoms with Gasteiger partial charge in [0, 0.05) is 6.04 Å². The maximum Gasteiger partial charge on any atom is 0.320 e. The molecular weight excluding hydrogens is 284 g/mol. The van der Waals surface area contributed by atoms with Crippen LogP contribution in [0, 0.1) is 0 Å². The zero-order chi connectivity index (χ0) is 16.1. The lowest BCUT2D eigenvalue weighted by Crippen LogP contribution is -2.36. The Morgan fingerprint density at radius 2 is 1.91 bits per heavy atom. The summed E-state index contributed by atoms with van der Waals surface area (Å²) >= 11 is 0. The van der Waals surface area contributed by atoms with E-state index < -0.39 is 12.0 Å². The minimum atomic E-state index is -0.968. The first-order chi connectivity index (χ1) is 10.6. The van der Waals surface area contributed by atoms with E-state index in [1.165, 1.54) is 0 Å². The average Bonchev–Trinajstić information content (AvgIpc) is 3.05. The smallest absolute Gasteiger partial charge is 0.320 e. The molecular formula is C16H24N2O4. The topological polar surface area (TPSA) is 85.0 Å². The van der Waals surface area contributed by atoms with Gasteiger partial charge in [-0.25, -0.2) is 0 Å². The predicted octanol–water partition coefficient (Wildman–Crippen LogP) is 1.64. The lowest BCUT2D eigenvalue weighted by Gasteiger charge is -2.29. The Balaban J connectivity index is 2.29. The fourth-order valence-corrected chi connectivity index (χ4v) is 2.95. The van der Waals surface area contributed by atoms with Crippen LogP contribution in [0.25, 0.3) is 0 Å². The van der Waals surface area contributed by atoms with Crippen molar-refractivity contribution in [3.05, 3.63) is 23.8 Å². The lowest BCUT2D eigenvalue weighted by molar-refractivity contribution is -0.139. The molecule has 1 aromatic carbocycles. The number of carboxylic acids is 1. The van der Waals surface area contributed by atoms with Gasteiger partial charge in [0.1, 0.15) is 6.04 Å². The highest BCUT2D eigenvalue weighted by Gasteiger charge is 2.28. The van der Waals surface area contributed by atoms with Crippen molar-refractivity contribution in [1.82, 2.24) is 4.90 Å². The summed E-state index contributed by atoms with van der Waals surface area (Å²) < 4.78 is 10.6. The van der Waals surface area contributed by atoms with Gasteiger partial charge in [0.15, 0.2) is 11.5 Å². The van der Waals surface area contributed by atoms with Crippen LogP contribution in [0.4, 0.5) is 0 Å². The first-order valence-corrected chi connectivity index (χ1v) is 7.51. The Morgan fingerprint density at radius 1 is 1.27 bits per heavy atom. The third-order valence-corrected chi connectivity index (χ3v) is 4.17. The third-order valence-electron chi connectivity index (χ3n) is 4.17. The van der Waals surface area contributed by atoms with E-state index in [0.717, 1.165) is 31.5 Å². The lowest BCUT2D eigenvalue weighted by atomic mass is 9.97. The second-order valence-corrected chi connectivity index (χ2v) is 5.55. The first-order valence-electron chi connectivity index (χ1n) is 7.51. The van der Waals surface area contributed by atoms with Crippen molar-refractivity contribution in [3.63, 3.8) is 0 Å². The highest BCUT2D eigenvalue weighted by molar-refractivity contribution is 5.73. The Hall–Kier alpha value is -1.79. The predicted molar refractivity (Wildman–Crippen MR) is 83.3 cm³/mol. The molecule has 6 heteroatoms. The normalized spacial score (nSPS) is 18.0. The molecule has 1 aliphatic heterocycles. The molecule has 1 aromatic rings. The van der Waals surface area contributed by atoms with Crippen LogP contribution < -0.4 is 15.2 Å². The number of likely N-dealkylation sites (tertiary alicyclic amines) is 1. The van der Waals surface area contributed by atoms with Crippen LogP contribution in [0.1, 0.15) is 30.9 Å². The molecule has 2 unspecified atom stereocenters. The van der Waals surface area contributed by atoms with Gasteiger partial charge in [0.05, 0.1) is 14.2 Å². The summed E-state index contributed by atoms with van der Waals surface area (Å²) in [6, 6.07) is 4.82. The number of rotatable bonds is 7. The van der Waals surface area contributed by atoms with Gasteiger partial charge in [0.25, 0.3) is 0 Å². The second kappa shape index (κ2) is 7.47. The number of nitrogens with zero attached hydrogens (tertiary/aromatic N) is 1. The number of aliphatic carboxylic acids is 1. The van der Waals surface area contributed by atoms with Crippen molar-refractivity contribution in [2.75, 3.05) is 27.3 Å². The van der Waals surface area contributed by atoms with Gasteiger partial charge in [-0.15, -0.1) is 0 Å². The van der Waals surface area contributed by atoms with Crippen LogP contribution in [0.2, 0.25) is 0 Å².